The van der Waals surface area contributed by atoms with Crippen molar-refractivity contribution in [2.45, 2.75) is 11.8 Å². The molecule has 1 aliphatic rings. The molecule has 1 atom stereocenters. The first-order valence-electron chi connectivity index (χ1n) is 5.32. The Labute approximate surface area is 101 Å². The van der Waals surface area contributed by atoms with E-state index in [2.05, 4.69) is 35.2 Å². The zero-order valence-corrected chi connectivity index (χ0v) is 10.3. The van der Waals surface area contributed by atoms with Gasteiger partial charge in [0, 0.05) is 36.5 Å². The van der Waals surface area contributed by atoms with Crippen LogP contribution in [0, 0.1) is 0 Å². The second-order valence-electron chi connectivity index (χ2n) is 3.87. The second kappa shape index (κ2) is 5.78. The van der Waals surface area contributed by atoms with E-state index in [4.69, 9.17) is 11.6 Å². The van der Waals surface area contributed by atoms with Crippen LogP contribution in [0.1, 0.15) is 5.56 Å². The average Bonchev–Trinajstić information content (AvgIpc) is 2.31. The van der Waals surface area contributed by atoms with Crippen molar-refractivity contribution in [1.29, 1.82) is 0 Å². The van der Waals surface area contributed by atoms with Gasteiger partial charge in [0.25, 0.3) is 0 Å². The van der Waals surface area contributed by atoms with Gasteiger partial charge in [-0.2, -0.15) is 11.8 Å². The molecule has 1 heterocycles. The zero-order valence-electron chi connectivity index (χ0n) is 8.73. The Kier molecular flexibility index (Phi) is 4.36. The fourth-order valence-electron chi connectivity index (χ4n) is 1.86. The van der Waals surface area contributed by atoms with Crippen LogP contribution in [0.25, 0.3) is 0 Å². The van der Waals surface area contributed by atoms with Crippen LogP contribution >= 0.6 is 23.4 Å². The van der Waals surface area contributed by atoms with Gasteiger partial charge in [-0.3, -0.25) is 4.90 Å². The molecule has 15 heavy (non-hydrogen) atoms. The van der Waals surface area contributed by atoms with E-state index < -0.39 is 0 Å². The predicted octanol–water partition coefficient (Wildman–Crippen LogP) is 2.84. The smallest absolute Gasteiger partial charge is 0.0355 e. The third-order valence-corrected chi connectivity index (χ3v) is 4.40. The molecule has 2 rings (SSSR count). The van der Waals surface area contributed by atoms with Crippen molar-refractivity contribution in [2.75, 3.05) is 24.7 Å². The number of benzene rings is 1. The maximum absolute atomic E-state index is 5.90. The highest BCUT2D eigenvalue weighted by atomic mass is 35.5. The normalized spacial score (nSPS) is 22.9. The van der Waals surface area contributed by atoms with E-state index in [1.165, 1.54) is 17.9 Å². The molecule has 1 nitrogen and oxygen atoms in total. The number of hydrogen-bond acceptors (Lipinski definition) is 2. The molecule has 0 saturated carbocycles. The van der Waals surface area contributed by atoms with Gasteiger partial charge in [0.1, 0.15) is 0 Å². The lowest BCUT2D eigenvalue weighted by molar-refractivity contribution is 0.279. The van der Waals surface area contributed by atoms with E-state index in [0.29, 0.717) is 5.25 Å². The second-order valence-corrected chi connectivity index (χ2v) is 5.58. The lowest BCUT2D eigenvalue weighted by atomic mass is 10.2. The number of thioether (sulfide) groups is 1. The molecule has 0 aromatic heterocycles. The molecular formula is C12H16ClNS. The molecule has 1 unspecified atom stereocenters. The van der Waals surface area contributed by atoms with Crippen molar-refractivity contribution in [3.8, 4) is 0 Å². The predicted molar refractivity (Wildman–Crippen MR) is 68.7 cm³/mol. The third kappa shape index (κ3) is 3.40. The molecule has 1 fully saturated rings. The lowest BCUT2D eigenvalue weighted by Crippen LogP contribution is -2.37. The standard InChI is InChI=1S/C12H16ClNS/c13-8-12-10-14(6-7-15-12)9-11-4-2-1-3-5-11/h1-5,12H,6-10H2. The molecule has 1 saturated heterocycles. The molecule has 1 aromatic rings. The molecule has 3 heteroatoms. The van der Waals surface area contributed by atoms with Crippen LogP contribution in [0.5, 0.6) is 0 Å². The van der Waals surface area contributed by atoms with E-state index in [9.17, 15) is 0 Å². The summed E-state index contributed by atoms with van der Waals surface area (Å²) in [4.78, 5) is 2.50. The van der Waals surface area contributed by atoms with Gasteiger partial charge < -0.3 is 0 Å². The fourth-order valence-corrected chi connectivity index (χ4v) is 3.33. The van der Waals surface area contributed by atoms with Crippen LogP contribution in [0.4, 0.5) is 0 Å². The minimum Gasteiger partial charge on any atom is -0.297 e. The summed E-state index contributed by atoms with van der Waals surface area (Å²) in [6.45, 7) is 3.38. The zero-order chi connectivity index (χ0) is 10.5. The molecule has 0 spiro atoms. The first-order valence-corrected chi connectivity index (χ1v) is 6.90. The molecule has 1 aliphatic heterocycles. The van der Waals surface area contributed by atoms with Crippen LogP contribution in [-0.4, -0.2) is 34.9 Å². The summed E-state index contributed by atoms with van der Waals surface area (Å²) in [5.41, 5.74) is 1.40. The highest BCUT2D eigenvalue weighted by Gasteiger charge is 2.19. The number of halogens is 1. The molecule has 82 valence electrons. The maximum atomic E-state index is 5.90. The summed E-state index contributed by atoms with van der Waals surface area (Å²) in [5, 5.41) is 0.615. The van der Waals surface area contributed by atoms with Gasteiger partial charge in [0.15, 0.2) is 0 Å². The Morgan fingerprint density at radius 2 is 2.13 bits per heavy atom. The number of nitrogens with zero attached hydrogens (tertiary/aromatic N) is 1. The van der Waals surface area contributed by atoms with Crippen molar-refractivity contribution in [2.24, 2.45) is 0 Å². The van der Waals surface area contributed by atoms with E-state index in [-0.39, 0.29) is 0 Å². The first kappa shape index (κ1) is 11.3. The van der Waals surface area contributed by atoms with E-state index in [1.807, 2.05) is 11.8 Å². The SMILES string of the molecule is ClCC1CN(Cc2ccccc2)CCS1. The Hall–Kier alpha value is -0.180. The van der Waals surface area contributed by atoms with Crippen molar-refractivity contribution < 1.29 is 0 Å². The Morgan fingerprint density at radius 1 is 1.33 bits per heavy atom. The number of alkyl halides is 1. The van der Waals surface area contributed by atoms with Gasteiger partial charge >= 0.3 is 0 Å². The monoisotopic (exact) mass is 241 g/mol. The van der Waals surface area contributed by atoms with E-state index in [0.717, 1.165) is 19.0 Å². The summed E-state index contributed by atoms with van der Waals surface area (Å²) in [6, 6.07) is 10.7. The highest BCUT2D eigenvalue weighted by Crippen LogP contribution is 2.20. The van der Waals surface area contributed by atoms with Gasteiger partial charge in [0.05, 0.1) is 0 Å². The average molecular weight is 242 g/mol. The van der Waals surface area contributed by atoms with Gasteiger partial charge in [-0.1, -0.05) is 30.3 Å². The summed E-state index contributed by atoms with van der Waals surface area (Å²) in [7, 11) is 0. The molecule has 0 bridgehead atoms. The van der Waals surface area contributed by atoms with Crippen LogP contribution < -0.4 is 0 Å². The Bertz CT molecular complexity index is 291. The van der Waals surface area contributed by atoms with Gasteiger partial charge in [-0.05, 0) is 5.56 Å². The maximum Gasteiger partial charge on any atom is 0.0355 e. The van der Waals surface area contributed by atoms with E-state index in [1.54, 1.807) is 0 Å². The number of hydrogen-bond donors (Lipinski definition) is 0. The first-order chi connectivity index (χ1) is 7.38. The minimum absolute atomic E-state index is 0.615. The topological polar surface area (TPSA) is 3.24 Å². The van der Waals surface area contributed by atoms with Crippen LogP contribution in [0.2, 0.25) is 0 Å². The summed E-state index contributed by atoms with van der Waals surface area (Å²) >= 11 is 7.91. The molecular weight excluding hydrogens is 226 g/mol. The van der Waals surface area contributed by atoms with Gasteiger partial charge in [-0.15, -0.1) is 11.6 Å². The molecule has 0 N–H and O–H groups in total. The quantitative estimate of drug-likeness (QED) is 0.749. The summed E-state index contributed by atoms with van der Waals surface area (Å²) in [5.74, 6) is 1.99. The molecule has 0 amide bonds. The highest BCUT2D eigenvalue weighted by molar-refractivity contribution is 8.00. The van der Waals surface area contributed by atoms with E-state index >= 15 is 0 Å². The van der Waals surface area contributed by atoms with Gasteiger partial charge in [-0.25, -0.2) is 0 Å². The summed E-state index contributed by atoms with van der Waals surface area (Å²) in [6.07, 6.45) is 0. The van der Waals surface area contributed by atoms with Crippen molar-refractivity contribution >= 4 is 23.4 Å². The fraction of sp³-hybridized carbons (Fsp3) is 0.500. The Balaban J connectivity index is 1.89. The molecule has 1 aromatic carbocycles. The van der Waals surface area contributed by atoms with Crippen LogP contribution in [-0.2, 0) is 6.54 Å². The van der Waals surface area contributed by atoms with Crippen molar-refractivity contribution in [3.05, 3.63) is 35.9 Å². The van der Waals surface area contributed by atoms with Crippen molar-refractivity contribution in [1.82, 2.24) is 4.90 Å². The molecule has 0 radical (unpaired) electrons. The largest absolute Gasteiger partial charge is 0.297 e. The lowest BCUT2D eigenvalue weighted by Gasteiger charge is -2.31. The van der Waals surface area contributed by atoms with Crippen LogP contribution in [0.15, 0.2) is 30.3 Å². The van der Waals surface area contributed by atoms with Crippen LogP contribution in [0.3, 0.4) is 0 Å². The Morgan fingerprint density at radius 3 is 2.87 bits per heavy atom. The minimum atomic E-state index is 0.615. The third-order valence-electron chi connectivity index (χ3n) is 2.64. The van der Waals surface area contributed by atoms with Gasteiger partial charge in [0.2, 0.25) is 0 Å². The molecule has 0 aliphatic carbocycles. The van der Waals surface area contributed by atoms with Crippen molar-refractivity contribution in [3.63, 3.8) is 0 Å². The number of rotatable bonds is 3. The summed E-state index contributed by atoms with van der Waals surface area (Å²) < 4.78 is 0.